The monoisotopic (exact) mass is 285 g/mol. The summed E-state index contributed by atoms with van der Waals surface area (Å²) in [4.78, 5) is 15.8. The number of rotatable bonds is 7. The van der Waals surface area contributed by atoms with Gasteiger partial charge in [0.2, 0.25) is 5.91 Å². The van der Waals surface area contributed by atoms with Gasteiger partial charge in [-0.2, -0.15) is 0 Å². The third kappa shape index (κ3) is 5.06. The van der Waals surface area contributed by atoms with Gasteiger partial charge in [0.15, 0.2) is 0 Å². The highest BCUT2D eigenvalue weighted by Gasteiger charge is 2.04. The fourth-order valence-electron chi connectivity index (χ4n) is 2.37. The Hall–Kier alpha value is -2.10. The number of benzene rings is 1. The molecule has 0 aliphatic rings. The molecule has 0 aliphatic carbocycles. The maximum atomic E-state index is 11.8. The van der Waals surface area contributed by atoms with Gasteiger partial charge in [-0.3, -0.25) is 4.79 Å². The number of hydrogen-bond donors (Lipinski definition) is 1. The van der Waals surface area contributed by atoms with Gasteiger partial charge in [0, 0.05) is 31.9 Å². The van der Waals surface area contributed by atoms with Crippen LogP contribution in [0.25, 0.3) is 0 Å². The fraction of sp³-hybridized carbons (Fsp3) is 0.412. The van der Waals surface area contributed by atoms with Crippen LogP contribution in [0.5, 0.6) is 0 Å². The van der Waals surface area contributed by atoms with E-state index in [1.165, 1.54) is 16.7 Å². The van der Waals surface area contributed by atoms with E-state index in [0.717, 1.165) is 19.4 Å². The highest BCUT2D eigenvalue weighted by atomic mass is 16.1. The van der Waals surface area contributed by atoms with E-state index in [-0.39, 0.29) is 5.91 Å². The summed E-state index contributed by atoms with van der Waals surface area (Å²) in [6, 6.07) is 6.39. The molecule has 1 amide bonds. The molecule has 1 heterocycles. The Morgan fingerprint density at radius 1 is 1.33 bits per heavy atom. The summed E-state index contributed by atoms with van der Waals surface area (Å²) in [7, 11) is 0. The minimum absolute atomic E-state index is 0.126. The third-order valence-corrected chi connectivity index (χ3v) is 3.59. The predicted octanol–water partition coefficient (Wildman–Crippen LogP) is 2.64. The number of nitrogens with zero attached hydrogens (tertiary/aromatic N) is 2. The molecule has 21 heavy (non-hydrogen) atoms. The molecule has 2 aromatic rings. The maximum Gasteiger partial charge on any atom is 0.220 e. The first kappa shape index (κ1) is 15.3. The number of amides is 1. The highest BCUT2D eigenvalue weighted by Crippen LogP contribution is 2.12. The molecule has 0 unspecified atom stereocenters. The van der Waals surface area contributed by atoms with E-state index < -0.39 is 0 Å². The molecule has 2 rings (SSSR count). The third-order valence-electron chi connectivity index (χ3n) is 3.59. The van der Waals surface area contributed by atoms with Crippen LogP contribution in [-0.2, 0) is 17.8 Å². The van der Waals surface area contributed by atoms with Crippen molar-refractivity contribution in [3.8, 4) is 0 Å². The molecule has 0 radical (unpaired) electrons. The molecule has 0 atom stereocenters. The van der Waals surface area contributed by atoms with Gasteiger partial charge in [0.25, 0.3) is 0 Å². The lowest BCUT2D eigenvalue weighted by atomic mass is 10.0. The number of imidazole rings is 1. The molecule has 0 saturated heterocycles. The topological polar surface area (TPSA) is 46.9 Å². The van der Waals surface area contributed by atoms with Crippen LogP contribution in [0, 0.1) is 13.8 Å². The largest absolute Gasteiger partial charge is 0.356 e. The number of carbonyl (C=O) groups excluding carboxylic acids is 1. The zero-order valence-electron chi connectivity index (χ0n) is 12.8. The molecule has 1 aromatic heterocycles. The zero-order chi connectivity index (χ0) is 15.1. The lowest BCUT2D eigenvalue weighted by Crippen LogP contribution is -2.25. The Morgan fingerprint density at radius 2 is 2.19 bits per heavy atom. The summed E-state index contributed by atoms with van der Waals surface area (Å²) in [5, 5.41) is 2.97. The summed E-state index contributed by atoms with van der Waals surface area (Å²) in [5.41, 5.74) is 3.79. The summed E-state index contributed by atoms with van der Waals surface area (Å²) >= 11 is 0. The van der Waals surface area contributed by atoms with Gasteiger partial charge in [-0.1, -0.05) is 23.8 Å². The van der Waals surface area contributed by atoms with Crippen LogP contribution < -0.4 is 5.32 Å². The lowest BCUT2D eigenvalue weighted by molar-refractivity contribution is -0.121. The summed E-state index contributed by atoms with van der Waals surface area (Å²) < 4.78 is 2.02. The normalized spacial score (nSPS) is 10.6. The fourth-order valence-corrected chi connectivity index (χ4v) is 2.37. The van der Waals surface area contributed by atoms with Crippen molar-refractivity contribution in [1.29, 1.82) is 0 Å². The van der Waals surface area contributed by atoms with Crippen LogP contribution in [0.3, 0.4) is 0 Å². The lowest BCUT2D eigenvalue weighted by Gasteiger charge is -2.08. The second kappa shape index (κ2) is 7.62. The molecular formula is C17H23N3O. The van der Waals surface area contributed by atoms with E-state index in [1.54, 1.807) is 12.5 Å². The van der Waals surface area contributed by atoms with Crippen LogP contribution >= 0.6 is 0 Å². The van der Waals surface area contributed by atoms with Crippen molar-refractivity contribution in [2.45, 2.75) is 39.7 Å². The molecule has 112 valence electrons. The number of aryl methyl sites for hydroxylation is 4. The molecule has 0 bridgehead atoms. The van der Waals surface area contributed by atoms with Gasteiger partial charge in [-0.05, 0) is 37.8 Å². The molecule has 0 saturated carbocycles. The summed E-state index contributed by atoms with van der Waals surface area (Å²) in [5.74, 6) is 0.126. The van der Waals surface area contributed by atoms with Crippen LogP contribution in [0.2, 0.25) is 0 Å². The van der Waals surface area contributed by atoms with Crippen molar-refractivity contribution in [1.82, 2.24) is 14.9 Å². The predicted molar refractivity (Wildman–Crippen MR) is 84.1 cm³/mol. The second-order valence-electron chi connectivity index (χ2n) is 5.43. The molecule has 4 heteroatoms. The van der Waals surface area contributed by atoms with Crippen molar-refractivity contribution in [2.24, 2.45) is 0 Å². The van der Waals surface area contributed by atoms with Gasteiger partial charge in [-0.15, -0.1) is 0 Å². The number of aromatic nitrogens is 2. The zero-order valence-corrected chi connectivity index (χ0v) is 12.8. The van der Waals surface area contributed by atoms with E-state index in [1.807, 2.05) is 10.8 Å². The van der Waals surface area contributed by atoms with Crippen LogP contribution in [0.4, 0.5) is 0 Å². The highest BCUT2D eigenvalue weighted by molar-refractivity contribution is 5.76. The summed E-state index contributed by atoms with van der Waals surface area (Å²) in [6.07, 6.45) is 7.77. The second-order valence-corrected chi connectivity index (χ2v) is 5.43. The number of hydrogen-bond acceptors (Lipinski definition) is 2. The van der Waals surface area contributed by atoms with E-state index in [9.17, 15) is 4.79 Å². The molecular weight excluding hydrogens is 262 g/mol. The first-order valence-electron chi connectivity index (χ1n) is 7.44. The molecule has 1 N–H and O–H groups in total. The molecule has 1 aromatic carbocycles. The smallest absolute Gasteiger partial charge is 0.220 e. The maximum absolute atomic E-state index is 11.8. The Kier molecular flexibility index (Phi) is 5.55. The first-order valence-corrected chi connectivity index (χ1v) is 7.44. The van der Waals surface area contributed by atoms with Gasteiger partial charge in [0.1, 0.15) is 0 Å². The first-order chi connectivity index (χ1) is 10.1. The molecule has 0 spiro atoms. The standard InChI is InChI=1S/C17H23N3O/c1-14-4-5-16(15(2)12-14)6-7-17(21)19-8-3-10-20-11-9-18-13-20/h4-5,9,11-13H,3,6-8,10H2,1-2H3,(H,19,21). The molecule has 0 fully saturated rings. The Balaban J connectivity index is 1.65. The SMILES string of the molecule is Cc1ccc(CCC(=O)NCCCn2ccnc2)c(C)c1. The van der Waals surface area contributed by atoms with Crippen molar-refractivity contribution < 1.29 is 4.79 Å². The molecule has 4 nitrogen and oxygen atoms in total. The Morgan fingerprint density at radius 3 is 2.90 bits per heavy atom. The van der Waals surface area contributed by atoms with Crippen LogP contribution in [-0.4, -0.2) is 22.0 Å². The van der Waals surface area contributed by atoms with E-state index in [0.29, 0.717) is 13.0 Å². The van der Waals surface area contributed by atoms with Gasteiger partial charge < -0.3 is 9.88 Å². The van der Waals surface area contributed by atoms with Crippen molar-refractivity contribution in [3.05, 3.63) is 53.6 Å². The van der Waals surface area contributed by atoms with Gasteiger partial charge >= 0.3 is 0 Å². The quantitative estimate of drug-likeness (QED) is 0.795. The van der Waals surface area contributed by atoms with Crippen molar-refractivity contribution >= 4 is 5.91 Å². The van der Waals surface area contributed by atoms with Gasteiger partial charge in [0.05, 0.1) is 6.33 Å². The van der Waals surface area contributed by atoms with E-state index in [4.69, 9.17) is 0 Å². The molecule has 0 aliphatic heterocycles. The van der Waals surface area contributed by atoms with Gasteiger partial charge in [-0.25, -0.2) is 4.98 Å². The average molecular weight is 285 g/mol. The van der Waals surface area contributed by atoms with E-state index in [2.05, 4.69) is 42.3 Å². The average Bonchev–Trinajstić information content (AvgIpc) is 2.96. The van der Waals surface area contributed by atoms with Crippen molar-refractivity contribution in [3.63, 3.8) is 0 Å². The minimum Gasteiger partial charge on any atom is -0.356 e. The van der Waals surface area contributed by atoms with Crippen LogP contribution in [0.15, 0.2) is 36.9 Å². The van der Waals surface area contributed by atoms with E-state index >= 15 is 0 Å². The summed E-state index contributed by atoms with van der Waals surface area (Å²) in [6.45, 7) is 5.79. The van der Waals surface area contributed by atoms with Crippen LogP contribution in [0.1, 0.15) is 29.5 Å². The number of nitrogens with one attached hydrogen (secondary N) is 1. The Labute approximate surface area is 126 Å². The Bertz CT molecular complexity index is 576. The minimum atomic E-state index is 0.126. The van der Waals surface area contributed by atoms with Crippen molar-refractivity contribution in [2.75, 3.05) is 6.54 Å². The number of carbonyl (C=O) groups is 1.